The molecule has 0 saturated heterocycles. The molecule has 2 N–H and O–H groups in total. The van der Waals surface area contributed by atoms with Crippen molar-refractivity contribution in [2.24, 2.45) is 5.92 Å². The molecular weight excluding hydrogens is 461 g/mol. The number of halogens is 3. The molecule has 0 aromatic heterocycles. The summed E-state index contributed by atoms with van der Waals surface area (Å²) in [5.41, 5.74) is -0.869. The van der Waals surface area contributed by atoms with E-state index >= 15 is 0 Å². The molecule has 1 fully saturated rings. The smallest absolute Gasteiger partial charge is 0.416 e. The van der Waals surface area contributed by atoms with Crippen LogP contribution in [0.5, 0.6) is 5.75 Å². The summed E-state index contributed by atoms with van der Waals surface area (Å²) in [4.78, 5) is 12.3. The van der Waals surface area contributed by atoms with Crippen molar-refractivity contribution in [1.29, 1.82) is 0 Å². The van der Waals surface area contributed by atoms with Gasteiger partial charge in [0.1, 0.15) is 10.6 Å². The van der Waals surface area contributed by atoms with Crippen molar-refractivity contribution >= 4 is 27.3 Å². The lowest BCUT2D eigenvalue weighted by Crippen LogP contribution is -2.29. The number of ether oxygens (including phenoxy) is 2. The highest BCUT2D eigenvalue weighted by molar-refractivity contribution is 7.92. The number of alkyl halides is 3. The summed E-state index contributed by atoms with van der Waals surface area (Å²) in [6.07, 6.45) is -1.50. The van der Waals surface area contributed by atoms with E-state index in [1.54, 1.807) is 7.11 Å². The Morgan fingerprint density at radius 3 is 2.30 bits per heavy atom. The van der Waals surface area contributed by atoms with Crippen molar-refractivity contribution in [2.45, 2.75) is 42.9 Å². The van der Waals surface area contributed by atoms with Gasteiger partial charge in [-0.3, -0.25) is 9.52 Å². The maximum absolute atomic E-state index is 12.9. The van der Waals surface area contributed by atoms with Crippen LogP contribution < -0.4 is 14.8 Å². The zero-order valence-electron chi connectivity index (χ0n) is 18.1. The average molecular weight is 487 g/mol. The fourth-order valence-corrected chi connectivity index (χ4v) is 4.94. The molecule has 0 bridgehead atoms. The van der Waals surface area contributed by atoms with E-state index in [1.807, 2.05) is 0 Å². The number of hydrogen-bond acceptors (Lipinski definition) is 5. The maximum atomic E-state index is 12.9. The van der Waals surface area contributed by atoms with Crippen LogP contribution in [-0.4, -0.2) is 34.6 Å². The molecule has 2 aromatic carbocycles. The minimum Gasteiger partial charge on any atom is -0.495 e. The molecular formula is C22H25F3N2O5S. The van der Waals surface area contributed by atoms with E-state index in [-0.39, 0.29) is 34.3 Å². The standard InChI is InChI=1S/C22H25F3N2O5S/c1-31-18-9-6-14(7-10-18)21(28)26-16-8-11-20(19(13-16)32-2)33(29,30)27-17-5-3-4-15(12-17)22(23,24)25/h3-5,8,11-14,18,27H,6-7,9-10H2,1-2H3,(H,26,28). The molecule has 0 heterocycles. The van der Waals surface area contributed by atoms with E-state index in [1.165, 1.54) is 31.4 Å². The van der Waals surface area contributed by atoms with E-state index in [4.69, 9.17) is 9.47 Å². The number of hydrogen-bond donors (Lipinski definition) is 2. The summed E-state index contributed by atoms with van der Waals surface area (Å²) in [5.74, 6) is -0.409. The second kappa shape index (κ2) is 10.0. The summed E-state index contributed by atoms with van der Waals surface area (Å²) >= 11 is 0. The molecule has 1 amide bonds. The summed E-state index contributed by atoms with van der Waals surface area (Å²) in [6, 6.07) is 7.87. The van der Waals surface area contributed by atoms with Crippen LogP contribution in [0.25, 0.3) is 0 Å². The van der Waals surface area contributed by atoms with Crippen LogP contribution in [0.15, 0.2) is 47.4 Å². The third kappa shape index (κ3) is 6.17. The number of anilines is 2. The predicted octanol–water partition coefficient (Wildman–Crippen LogP) is 4.66. The number of nitrogens with one attached hydrogen (secondary N) is 2. The Labute approximate surface area is 190 Å². The van der Waals surface area contributed by atoms with Gasteiger partial charge in [0.05, 0.1) is 18.8 Å². The van der Waals surface area contributed by atoms with Gasteiger partial charge in [-0.25, -0.2) is 8.42 Å². The molecule has 0 atom stereocenters. The van der Waals surface area contributed by atoms with Crippen molar-refractivity contribution in [3.8, 4) is 5.75 Å². The molecule has 180 valence electrons. The highest BCUT2D eigenvalue weighted by atomic mass is 32.2. The summed E-state index contributed by atoms with van der Waals surface area (Å²) in [6.45, 7) is 0. The number of carbonyl (C=O) groups excluding carboxylic acids is 1. The largest absolute Gasteiger partial charge is 0.495 e. The maximum Gasteiger partial charge on any atom is 0.416 e. The van der Waals surface area contributed by atoms with Gasteiger partial charge in [0.2, 0.25) is 5.91 Å². The minimum absolute atomic E-state index is 0.0598. The van der Waals surface area contributed by atoms with Gasteiger partial charge >= 0.3 is 6.18 Å². The first-order valence-corrected chi connectivity index (χ1v) is 11.7. The van der Waals surface area contributed by atoms with E-state index in [0.29, 0.717) is 24.6 Å². The lowest BCUT2D eigenvalue weighted by atomic mass is 9.87. The van der Waals surface area contributed by atoms with E-state index in [9.17, 15) is 26.4 Å². The minimum atomic E-state index is -4.61. The van der Waals surface area contributed by atoms with Crippen LogP contribution in [0.4, 0.5) is 24.5 Å². The Kier molecular flexibility index (Phi) is 7.53. The first-order valence-electron chi connectivity index (χ1n) is 10.3. The molecule has 1 aliphatic rings. The van der Waals surface area contributed by atoms with Gasteiger partial charge in [-0.2, -0.15) is 13.2 Å². The van der Waals surface area contributed by atoms with Gasteiger partial charge < -0.3 is 14.8 Å². The van der Waals surface area contributed by atoms with Gasteiger partial charge in [-0.1, -0.05) is 6.07 Å². The molecule has 1 aliphatic carbocycles. The highest BCUT2D eigenvalue weighted by Crippen LogP contribution is 2.33. The Balaban J connectivity index is 1.75. The van der Waals surface area contributed by atoms with Crippen LogP contribution in [0.3, 0.4) is 0 Å². The number of amides is 1. The Morgan fingerprint density at radius 1 is 1.00 bits per heavy atom. The predicted molar refractivity (Wildman–Crippen MR) is 117 cm³/mol. The van der Waals surface area contributed by atoms with Crippen LogP contribution in [-0.2, 0) is 25.7 Å². The van der Waals surface area contributed by atoms with Crippen molar-refractivity contribution in [3.05, 3.63) is 48.0 Å². The van der Waals surface area contributed by atoms with Gasteiger partial charge in [0.15, 0.2) is 0 Å². The van der Waals surface area contributed by atoms with Crippen LogP contribution in [0, 0.1) is 5.92 Å². The van der Waals surface area contributed by atoms with E-state index in [2.05, 4.69) is 10.0 Å². The van der Waals surface area contributed by atoms with Gasteiger partial charge in [0, 0.05) is 30.5 Å². The fraction of sp³-hybridized carbons (Fsp3) is 0.409. The second-order valence-corrected chi connectivity index (χ2v) is 9.40. The third-order valence-corrected chi connectivity index (χ3v) is 6.96. The van der Waals surface area contributed by atoms with Crippen molar-refractivity contribution < 1.29 is 35.9 Å². The lowest BCUT2D eigenvalue weighted by Gasteiger charge is -2.26. The van der Waals surface area contributed by atoms with Gasteiger partial charge in [-0.05, 0) is 56.0 Å². The molecule has 2 aromatic rings. The third-order valence-electron chi connectivity index (χ3n) is 5.54. The zero-order chi connectivity index (χ0) is 24.2. The summed E-state index contributed by atoms with van der Waals surface area (Å²) < 4.78 is 77.0. The highest BCUT2D eigenvalue weighted by Gasteiger charge is 2.31. The summed E-state index contributed by atoms with van der Waals surface area (Å²) in [7, 11) is -1.35. The number of sulfonamides is 1. The SMILES string of the molecule is COc1cc(NC(=O)C2CCC(OC)CC2)ccc1S(=O)(=O)Nc1cccc(C(F)(F)F)c1. The molecule has 3 rings (SSSR count). The van der Waals surface area contributed by atoms with E-state index in [0.717, 1.165) is 25.0 Å². The quantitative estimate of drug-likeness (QED) is 0.594. The fourth-order valence-electron chi connectivity index (χ4n) is 3.74. The lowest BCUT2D eigenvalue weighted by molar-refractivity contribution is -0.137. The van der Waals surface area contributed by atoms with Crippen LogP contribution in [0.2, 0.25) is 0 Å². The molecule has 0 aliphatic heterocycles. The zero-order valence-corrected chi connectivity index (χ0v) is 18.9. The number of rotatable bonds is 7. The molecule has 7 nitrogen and oxygen atoms in total. The molecule has 0 radical (unpaired) electrons. The number of benzene rings is 2. The van der Waals surface area contributed by atoms with Crippen LogP contribution in [0.1, 0.15) is 31.2 Å². The van der Waals surface area contributed by atoms with Crippen molar-refractivity contribution in [1.82, 2.24) is 0 Å². The second-order valence-electron chi connectivity index (χ2n) is 7.75. The molecule has 33 heavy (non-hydrogen) atoms. The average Bonchev–Trinajstić information content (AvgIpc) is 2.78. The Bertz CT molecular complexity index is 1100. The Morgan fingerprint density at radius 2 is 1.70 bits per heavy atom. The Hall–Kier alpha value is -2.79. The molecule has 11 heteroatoms. The molecule has 1 saturated carbocycles. The summed E-state index contributed by atoms with van der Waals surface area (Å²) in [5, 5.41) is 2.77. The van der Waals surface area contributed by atoms with Crippen LogP contribution >= 0.6 is 0 Å². The first kappa shape index (κ1) is 24.8. The number of methoxy groups -OCH3 is 2. The molecule has 0 spiro atoms. The van der Waals surface area contributed by atoms with Crippen molar-refractivity contribution in [3.63, 3.8) is 0 Å². The van der Waals surface area contributed by atoms with E-state index < -0.39 is 21.8 Å². The van der Waals surface area contributed by atoms with Gasteiger partial charge in [-0.15, -0.1) is 0 Å². The topological polar surface area (TPSA) is 93.7 Å². The first-order chi connectivity index (χ1) is 15.5. The monoisotopic (exact) mass is 486 g/mol. The normalized spacial score (nSPS) is 19.1. The van der Waals surface area contributed by atoms with Crippen molar-refractivity contribution in [2.75, 3.05) is 24.3 Å². The number of carbonyl (C=O) groups is 1. The molecule has 0 unspecified atom stereocenters. The van der Waals surface area contributed by atoms with Gasteiger partial charge in [0.25, 0.3) is 10.0 Å².